The number of hydrogen-bond donors (Lipinski definition) is 0. The highest BCUT2D eigenvalue weighted by atomic mass is 19.3. The Morgan fingerprint density at radius 2 is 1.31 bits per heavy atom. The second kappa shape index (κ2) is 13.2. The zero-order valence-electron chi connectivity index (χ0n) is 22.1. The van der Waals surface area contributed by atoms with Crippen molar-refractivity contribution in [2.24, 2.45) is 0 Å². The summed E-state index contributed by atoms with van der Waals surface area (Å²) < 4.78 is 48.2. The molecule has 0 amide bonds. The van der Waals surface area contributed by atoms with Crippen LogP contribution in [-0.2, 0) is 6.42 Å². The lowest BCUT2D eigenvalue weighted by Gasteiger charge is -2.18. The minimum Gasteiger partial charge on any atom is -0.433 e. The molecule has 0 aliphatic carbocycles. The number of nitrogens with zero attached hydrogens (tertiary/aromatic N) is 1. The molecule has 0 fully saturated rings. The fourth-order valence-corrected chi connectivity index (χ4v) is 4.55. The molecule has 4 rings (SSSR count). The molecule has 0 atom stereocenters. The summed E-state index contributed by atoms with van der Waals surface area (Å²) in [5.74, 6) is -0.0968. The molecule has 5 heteroatoms. The predicted molar refractivity (Wildman–Crippen MR) is 150 cm³/mol. The van der Waals surface area contributed by atoms with E-state index in [0.717, 1.165) is 53.5 Å². The van der Waals surface area contributed by atoms with Crippen LogP contribution in [0.25, 0.3) is 22.3 Å². The van der Waals surface area contributed by atoms with Gasteiger partial charge >= 0.3 is 6.11 Å². The molecule has 0 radical (unpaired) electrons. The molecule has 0 heterocycles. The molecular formula is C34H32F3NO. The van der Waals surface area contributed by atoms with Gasteiger partial charge in [-0.3, -0.25) is 0 Å². The van der Waals surface area contributed by atoms with E-state index >= 15 is 0 Å². The van der Waals surface area contributed by atoms with Gasteiger partial charge in [-0.1, -0.05) is 85.5 Å². The van der Waals surface area contributed by atoms with Crippen LogP contribution in [-0.4, -0.2) is 6.11 Å². The summed E-state index contributed by atoms with van der Waals surface area (Å²) >= 11 is 0. The molecule has 2 nitrogen and oxygen atoms in total. The molecule has 39 heavy (non-hydrogen) atoms. The summed E-state index contributed by atoms with van der Waals surface area (Å²) in [5, 5.41) is 8.91. The number of ether oxygens (including phenoxy) is 1. The number of aryl methyl sites for hydroxylation is 2. The third-order valence-electron chi connectivity index (χ3n) is 6.80. The third-order valence-corrected chi connectivity index (χ3v) is 6.80. The van der Waals surface area contributed by atoms with Crippen molar-refractivity contribution in [3.05, 3.63) is 114 Å². The SMILES string of the molecule is Cc1ccc(-c2ccc(CCCCCCCC(F)(F)Oc3ccc(-c4ccc(C#N)cc4)cc3)cc2F)cc1. The highest BCUT2D eigenvalue weighted by molar-refractivity contribution is 5.65. The Hall–Kier alpha value is -4.04. The van der Waals surface area contributed by atoms with Crippen LogP contribution in [0.15, 0.2) is 91.0 Å². The number of hydrogen-bond acceptors (Lipinski definition) is 2. The van der Waals surface area contributed by atoms with E-state index in [4.69, 9.17) is 10.00 Å². The van der Waals surface area contributed by atoms with Gasteiger partial charge in [0, 0.05) is 5.56 Å². The molecule has 0 saturated carbocycles. The summed E-state index contributed by atoms with van der Waals surface area (Å²) in [6, 6.07) is 28.9. The Labute approximate surface area is 228 Å². The molecule has 0 aliphatic rings. The largest absolute Gasteiger partial charge is 0.433 e. The molecule has 0 aromatic heterocycles. The van der Waals surface area contributed by atoms with Crippen molar-refractivity contribution < 1.29 is 17.9 Å². The number of nitriles is 1. The van der Waals surface area contributed by atoms with E-state index in [1.807, 2.05) is 55.5 Å². The highest BCUT2D eigenvalue weighted by Crippen LogP contribution is 2.29. The standard InChI is InChI=1S/C34H32F3NO/c1-25-8-13-30(14-9-25)32-21-12-26(23-33(32)35)7-5-3-2-4-6-22-34(36,37)39-31-19-17-29(18-20-31)28-15-10-27(24-38)11-16-28/h8-21,23H,2-7,22H2,1H3. The molecule has 0 N–H and O–H groups in total. The monoisotopic (exact) mass is 527 g/mol. The van der Waals surface area contributed by atoms with E-state index < -0.39 is 6.11 Å². The average Bonchev–Trinajstić information content (AvgIpc) is 2.93. The lowest BCUT2D eigenvalue weighted by atomic mass is 9.99. The van der Waals surface area contributed by atoms with Crippen LogP contribution in [0.2, 0.25) is 0 Å². The van der Waals surface area contributed by atoms with Crippen LogP contribution in [0.5, 0.6) is 5.75 Å². The van der Waals surface area contributed by atoms with Gasteiger partial charge in [-0.25, -0.2) is 4.39 Å². The first-order valence-corrected chi connectivity index (χ1v) is 13.4. The normalized spacial score (nSPS) is 11.3. The lowest BCUT2D eigenvalue weighted by molar-refractivity contribution is -0.181. The van der Waals surface area contributed by atoms with Crippen LogP contribution in [0, 0.1) is 24.1 Å². The van der Waals surface area contributed by atoms with Gasteiger partial charge in [-0.15, -0.1) is 0 Å². The van der Waals surface area contributed by atoms with Gasteiger partial charge in [0.05, 0.1) is 18.1 Å². The van der Waals surface area contributed by atoms with Crippen LogP contribution in [0.1, 0.15) is 55.2 Å². The summed E-state index contributed by atoms with van der Waals surface area (Å²) in [6.07, 6.45) is 0.907. The van der Waals surface area contributed by atoms with Crippen molar-refractivity contribution in [2.45, 2.75) is 58.0 Å². The van der Waals surface area contributed by atoms with Crippen molar-refractivity contribution >= 4 is 0 Å². The lowest BCUT2D eigenvalue weighted by Crippen LogP contribution is -2.24. The zero-order valence-corrected chi connectivity index (χ0v) is 22.1. The second-order valence-corrected chi connectivity index (χ2v) is 9.90. The number of rotatable bonds is 12. The Balaban J connectivity index is 1.14. The summed E-state index contributed by atoms with van der Waals surface area (Å²) in [7, 11) is 0. The van der Waals surface area contributed by atoms with Crippen LogP contribution >= 0.6 is 0 Å². The van der Waals surface area contributed by atoms with Gasteiger partial charge in [-0.05, 0) is 78.8 Å². The Morgan fingerprint density at radius 1 is 0.718 bits per heavy atom. The second-order valence-electron chi connectivity index (χ2n) is 9.90. The minimum atomic E-state index is -3.23. The van der Waals surface area contributed by atoms with E-state index in [1.54, 1.807) is 30.3 Å². The summed E-state index contributed by atoms with van der Waals surface area (Å²) in [5.41, 5.74) is 5.89. The van der Waals surface area contributed by atoms with E-state index in [2.05, 4.69) is 6.07 Å². The van der Waals surface area contributed by atoms with Gasteiger partial charge in [-0.2, -0.15) is 14.0 Å². The summed E-state index contributed by atoms with van der Waals surface area (Å²) in [4.78, 5) is 0. The number of benzene rings is 4. The highest BCUT2D eigenvalue weighted by Gasteiger charge is 2.30. The zero-order chi connectivity index (χ0) is 27.7. The first kappa shape index (κ1) is 28.0. The van der Waals surface area contributed by atoms with Crippen LogP contribution in [0.3, 0.4) is 0 Å². The van der Waals surface area contributed by atoms with Crippen LogP contribution in [0.4, 0.5) is 13.2 Å². The third kappa shape index (κ3) is 8.22. The van der Waals surface area contributed by atoms with Gasteiger partial charge in [0.1, 0.15) is 11.6 Å². The van der Waals surface area contributed by atoms with Crippen molar-refractivity contribution in [2.75, 3.05) is 0 Å². The van der Waals surface area contributed by atoms with Crippen molar-refractivity contribution in [1.82, 2.24) is 0 Å². The fraction of sp³-hybridized carbons (Fsp3) is 0.265. The number of alkyl halides is 2. The van der Waals surface area contributed by atoms with Crippen molar-refractivity contribution in [1.29, 1.82) is 5.26 Å². The number of unbranched alkanes of at least 4 members (excludes halogenated alkanes) is 4. The Bertz CT molecular complexity index is 1390. The van der Waals surface area contributed by atoms with Gasteiger partial charge < -0.3 is 4.74 Å². The van der Waals surface area contributed by atoms with Crippen LogP contribution < -0.4 is 4.74 Å². The molecule has 4 aromatic rings. The predicted octanol–water partition coefficient (Wildman–Crippen LogP) is 9.89. The first-order valence-electron chi connectivity index (χ1n) is 13.4. The molecular weight excluding hydrogens is 495 g/mol. The van der Waals surface area contributed by atoms with Gasteiger partial charge in [0.2, 0.25) is 0 Å². The van der Waals surface area contributed by atoms with E-state index in [-0.39, 0.29) is 18.0 Å². The van der Waals surface area contributed by atoms with Crippen molar-refractivity contribution in [3.8, 4) is 34.1 Å². The van der Waals surface area contributed by atoms with E-state index in [1.165, 1.54) is 12.1 Å². The topological polar surface area (TPSA) is 33.0 Å². The molecule has 0 spiro atoms. The van der Waals surface area contributed by atoms with Gasteiger partial charge in [0.25, 0.3) is 0 Å². The maximum atomic E-state index is 14.6. The van der Waals surface area contributed by atoms with E-state index in [0.29, 0.717) is 24.0 Å². The quantitative estimate of drug-likeness (QED) is 0.172. The van der Waals surface area contributed by atoms with E-state index in [9.17, 15) is 13.2 Å². The maximum absolute atomic E-state index is 14.6. The smallest absolute Gasteiger partial charge is 0.397 e. The first-order chi connectivity index (χ1) is 18.8. The number of halogens is 3. The van der Waals surface area contributed by atoms with Crippen molar-refractivity contribution in [3.63, 3.8) is 0 Å². The van der Waals surface area contributed by atoms with Gasteiger partial charge in [0.15, 0.2) is 0 Å². The molecule has 0 unspecified atom stereocenters. The molecule has 0 bridgehead atoms. The molecule has 0 aliphatic heterocycles. The minimum absolute atomic E-state index is 0.123. The summed E-state index contributed by atoms with van der Waals surface area (Å²) in [6.45, 7) is 2.00. The molecule has 200 valence electrons. The maximum Gasteiger partial charge on any atom is 0.397 e. The molecule has 4 aromatic carbocycles. The average molecular weight is 528 g/mol. The Kier molecular flexibility index (Phi) is 9.44. The fourth-order valence-electron chi connectivity index (χ4n) is 4.55. The molecule has 0 saturated heterocycles. The Morgan fingerprint density at radius 3 is 1.95 bits per heavy atom.